The molecule has 0 amide bonds. The van der Waals surface area contributed by atoms with E-state index >= 15 is 0 Å². The van der Waals surface area contributed by atoms with Crippen LogP contribution in [0.1, 0.15) is 44.9 Å². The van der Waals surface area contributed by atoms with Crippen LogP contribution in [0.3, 0.4) is 0 Å². The van der Waals surface area contributed by atoms with E-state index in [0.29, 0.717) is 6.04 Å². The van der Waals surface area contributed by atoms with E-state index in [0.717, 1.165) is 24.3 Å². The lowest BCUT2D eigenvalue weighted by atomic mass is 9.87. The van der Waals surface area contributed by atoms with E-state index in [9.17, 15) is 4.79 Å². The van der Waals surface area contributed by atoms with Gasteiger partial charge in [0.25, 0.3) is 0 Å². The van der Waals surface area contributed by atoms with E-state index < -0.39 is 0 Å². The lowest BCUT2D eigenvalue weighted by molar-refractivity contribution is -0.149. The van der Waals surface area contributed by atoms with Gasteiger partial charge in [0, 0.05) is 6.04 Å². The van der Waals surface area contributed by atoms with Gasteiger partial charge in [-0.05, 0) is 37.2 Å². The Morgan fingerprint density at radius 3 is 2.47 bits per heavy atom. The molecule has 4 heteroatoms. The van der Waals surface area contributed by atoms with Crippen molar-refractivity contribution >= 4 is 17.7 Å². The summed E-state index contributed by atoms with van der Waals surface area (Å²) in [7, 11) is 1.51. The van der Waals surface area contributed by atoms with Gasteiger partial charge in [0.2, 0.25) is 0 Å². The number of nitrogens with one attached hydrogen (secondary N) is 1. The first kappa shape index (κ1) is 13.2. The van der Waals surface area contributed by atoms with Gasteiger partial charge in [0.1, 0.15) is 5.54 Å². The molecule has 98 valence electrons. The Labute approximate surface area is 108 Å². The van der Waals surface area contributed by atoms with Gasteiger partial charge in [-0.25, -0.2) is 0 Å². The first-order valence-corrected chi connectivity index (χ1v) is 7.86. The standard InChI is InChI=1S/C13H23NO2S/c1-16-12(15)13(7-9-17-10-8-13)14-11-5-3-2-4-6-11/h11,14H,2-10H2,1H3. The number of esters is 1. The van der Waals surface area contributed by atoms with Crippen LogP contribution in [-0.2, 0) is 9.53 Å². The van der Waals surface area contributed by atoms with Gasteiger partial charge in [0.05, 0.1) is 7.11 Å². The van der Waals surface area contributed by atoms with E-state index in [1.54, 1.807) is 0 Å². The maximum Gasteiger partial charge on any atom is 0.326 e. The second kappa shape index (κ2) is 6.10. The van der Waals surface area contributed by atoms with Crippen LogP contribution >= 0.6 is 11.8 Å². The summed E-state index contributed by atoms with van der Waals surface area (Å²) in [5.41, 5.74) is -0.387. The highest BCUT2D eigenvalue weighted by Gasteiger charge is 2.42. The van der Waals surface area contributed by atoms with Crippen LogP contribution in [-0.4, -0.2) is 36.2 Å². The van der Waals surface area contributed by atoms with Crippen molar-refractivity contribution in [1.82, 2.24) is 5.32 Å². The predicted molar refractivity (Wildman–Crippen MR) is 71.3 cm³/mol. The molecule has 2 fully saturated rings. The lowest BCUT2D eigenvalue weighted by Crippen LogP contribution is -2.58. The molecule has 0 bridgehead atoms. The fourth-order valence-electron chi connectivity index (χ4n) is 2.96. The Kier molecular flexibility index (Phi) is 4.74. The minimum atomic E-state index is -0.387. The molecule has 1 heterocycles. The minimum Gasteiger partial charge on any atom is -0.468 e. The molecule has 0 aromatic rings. The third-order valence-electron chi connectivity index (χ3n) is 4.01. The number of carbonyl (C=O) groups excluding carboxylic acids is 1. The maximum atomic E-state index is 12.1. The van der Waals surface area contributed by atoms with Crippen LogP contribution < -0.4 is 5.32 Å². The third-order valence-corrected chi connectivity index (χ3v) is 4.99. The molecule has 17 heavy (non-hydrogen) atoms. The zero-order chi connectivity index (χ0) is 12.1. The number of carbonyl (C=O) groups is 1. The second-order valence-corrected chi connectivity index (χ2v) is 6.39. The molecule has 0 spiro atoms. The van der Waals surface area contributed by atoms with E-state index in [4.69, 9.17) is 4.74 Å². The molecule has 1 N–H and O–H groups in total. The maximum absolute atomic E-state index is 12.1. The Hall–Kier alpha value is -0.220. The highest BCUT2D eigenvalue weighted by atomic mass is 32.2. The molecule has 0 radical (unpaired) electrons. The molecule has 1 saturated heterocycles. The molecular weight excluding hydrogens is 234 g/mol. The van der Waals surface area contributed by atoms with Crippen molar-refractivity contribution in [2.24, 2.45) is 0 Å². The SMILES string of the molecule is COC(=O)C1(NC2CCCCC2)CCSCC1. The second-order valence-electron chi connectivity index (χ2n) is 5.17. The van der Waals surface area contributed by atoms with Gasteiger partial charge in [-0.3, -0.25) is 10.1 Å². The number of methoxy groups -OCH3 is 1. The Morgan fingerprint density at radius 1 is 1.24 bits per heavy atom. The fourth-order valence-corrected chi connectivity index (χ4v) is 4.15. The number of ether oxygens (including phenoxy) is 1. The van der Waals surface area contributed by atoms with Crippen molar-refractivity contribution in [2.75, 3.05) is 18.6 Å². The number of hydrogen-bond donors (Lipinski definition) is 1. The van der Waals surface area contributed by atoms with Crippen molar-refractivity contribution < 1.29 is 9.53 Å². The van der Waals surface area contributed by atoms with Crippen LogP contribution in [0.15, 0.2) is 0 Å². The smallest absolute Gasteiger partial charge is 0.326 e. The predicted octanol–water partition coefficient (Wildman–Crippen LogP) is 2.35. The van der Waals surface area contributed by atoms with Gasteiger partial charge in [-0.2, -0.15) is 11.8 Å². The van der Waals surface area contributed by atoms with Gasteiger partial charge >= 0.3 is 5.97 Å². The Morgan fingerprint density at radius 2 is 1.88 bits per heavy atom. The molecule has 2 rings (SSSR count). The Balaban J connectivity index is 2.01. The van der Waals surface area contributed by atoms with E-state index in [-0.39, 0.29) is 11.5 Å². The first-order chi connectivity index (χ1) is 8.27. The van der Waals surface area contributed by atoms with Crippen LogP contribution in [0, 0.1) is 0 Å². The van der Waals surface area contributed by atoms with Crippen molar-refractivity contribution in [3.05, 3.63) is 0 Å². The monoisotopic (exact) mass is 257 g/mol. The van der Waals surface area contributed by atoms with Crippen molar-refractivity contribution in [2.45, 2.75) is 56.5 Å². The summed E-state index contributed by atoms with van der Waals surface area (Å²) >= 11 is 1.94. The highest BCUT2D eigenvalue weighted by molar-refractivity contribution is 7.99. The quantitative estimate of drug-likeness (QED) is 0.788. The lowest BCUT2D eigenvalue weighted by Gasteiger charge is -2.39. The Bertz CT molecular complexity index is 258. The van der Waals surface area contributed by atoms with Gasteiger partial charge < -0.3 is 4.74 Å². The summed E-state index contributed by atoms with van der Waals surface area (Å²) in [6, 6.07) is 0.519. The first-order valence-electron chi connectivity index (χ1n) is 6.71. The summed E-state index contributed by atoms with van der Waals surface area (Å²) in [4.78, 5) is 12.1. The van der Waals surface area contributed by atoms with Crippen LogP contribution in [0.2, 0.25) is 0 Å². The summed E-state index contributed by atoms with van der Waals surface area (Å²) < 4.78 is 5.02. The average molecular weight is 257 g/mol. The zero-order valence-corrected chi connectivity index (χ0v) is 11.5. The number of thioether (sulfide) groups is 1. The fraction of sp³-hybridized carbons (Fsp3) is 0.923. The molecule has 0 atom stereocenters. The highest BCUT2D eigenvalue weighted by Crippen LogP contribution is 2.30. The molecule has 2 aliphatic rings. The third kappa shape index (κ3) is 3.16. The van der Waals surface area contributed by atoms with Crippen molar-refractivity contribution in [3.63, 3.8) is 0 Å². The summed E-state index contributed by atoms with van der Waals surface area (Å²) in [6.07, 6.45) is 8.20. The van der Waals surface area contributed by atoms with E-state index in [1.165, 1.54) is 39.2 Å². The molecule has 1 saturated carbocycles. The molecule has 0 aromatic heterocycles. The van der Waals surface area contributed by atoms with Crippen molar-refractivity contribution in [3.8, 4) is 0 Å². The van der Waals surface area contributed by atoms with E-state index in [2.05, 4.69) is 5.32 Å². The van der Waals surface area contributed by atoms with Gasteiger partial charge in [-0.15, -0.1) is 0 Å². The van der Waals surface area contributed by atoms with Crippen LogP contribution in [0.25, 0.3) is 0 Å². The molecule has 0 unspecified atom stereocenters. The summed E-state index contributed by atoms with van der Waals surface area (Å²) in [5.74, 6) is 2.08. The summed E-state index contributed by atoms with van der Waals surface area (Å²) in [5, 5.41) is 3.63. The van der Waals surface area contributed by atoms with Crippen LogP contribution in [0.5, 0.6) is 0 Å². The topological polar surface area (TPSA) is 38.3 Å². The molecular formula is C13H23NO2S. The minimum absolute atomic E-state index is 0.0524. The molecule has 1 aliphatic carbocycles. The zero-order valence-electron chi connectivity index (χ0n) is 10.7. The van der Waals surface area contributed by atoms with Crippen LogP contribution in [0.4, 0.5) is 0 Å². The van der Waals surface area contributed by atoms with Gasteiger partial charge in [0.15, 0.2) is 0 Å². The number of hydrogen-bond acceptors (Lipinski definition) is 4. The van der Waals surface area contributed by atoms with E-state index in [1.807, 2.05) is 11.8 Å². The number of rotatable bonds is 3. The summed E-state index contributed by atoms with van der Waals surface area (Å²) in [6.45, 7) is 0. The molecule has 0 aromatic carbocycles. The molecule has 3 nitrogen and oxygen atoms in total. The van der Waals surface area contributed by atoms with Crippen molar-refractivity contribution in [1.29, 1.82) is 0 Å². The largest absolute Gasteiger partial charge is 0.468 e. The van der Waals surface area contributed by atoms with Gasteiger partial charge in [-0.1, -0.05) is 19.3 Å². The molecule has 1 aliphatic heterocycles. The normalized spacial score (nSPS) is 25.5. The average Bonchev–Trinajstić information content (AvgIpc) is 2.40.